The van der Waals surface area contributed by atoms with Gasteiger partial charge in [0, 0.05) is 0 Å². The van der Waals surface area contributed by atoms with E-state index < -0.39 is 0 Å². The first-order chi connectivity index (χ1) is 9.58. The second-order valence-corrected chi connectivity index (χ2v) is 5.31. The molecule has 1 rings (SSSR count). The van der Waals surface area contributed by atoms with Crippen LogP contribution in [0.15, 0.2) is 54.8 Å². The van der Waals surface area contributed by atoms with Gasteiger partial charge in [0.2, 0.25) is 0 Å². The van der Waals surface area contributed by atoms with Gasteiger partial charge in [-0.1, -0.05) is 42.8 Å². The van der Waals surface area contributed by atoms with Gasteiger partial charge in [-0.2, -0.15) is 0 Å². The van der Waals surface area contributed by atoms with Crippen LogP contribution in [0.3, 0.4) is 0 Å². The molecule has 0 aliphatic rings. The van der Waals surface area contributed by atoms with Crippen molar-refractivity contribution < 1.29 is 9.53 Å². The molecule has 2 heteroatoms. The van der Waals surface area contributed by atoms with Gasteiger partial charge in [-0.25, -0.2) is 0 Å². The van der Waals surface area contributed by atoms with Crippen molar-refractivity contribution in [3.05, 3.63) is 60.4 Å². The van der Waals surface area contributed by atoms with Gasteiger partial charge < -0.3 is 4.74 Å². The van der Waals surface area contributed by atoms with Crippen molar-refractivity contribution in [3.63, 3.8) is 0 Å². The normalized spacial score (nSPS) is 12.3. The highest BCUT2D eigenvalue weighted by molar-refractivity contribution is 5.73. The molecule has 0 bridgehead atoms. The number of allylic oxidation sites excluding steroid dienone is 2. The maximum absolute atomic E-state index is 11.6. The van der Waals surface area contributed by atoms with Gasteiger partial charge >= 0.3 is 5.97 Å². The second kappa shape index (κ2) is 9.13. The molecule has 0 radical (unpaired) electrons. The second-order valence-electron chi connectivity index (χ2n) is 5.31. The molecule has 108 valence electrons. The van der Waals surface area contributed by atoms with E-state index in [2.05, 4.69) is 13.5 Å². The minimum absolute atomic E-state index is 0.221. The number of esters is 1. The Labute approximate surface area is 122 Å². The molecule has 0 spiro atoms. The zero-order valence-electron chi connectivity index (χ0n) is 12.5. The average Bonchev–Trinajstić information content (AvgIpc) is 2.39. The van der Waals surface area contributed by atoms with E-state index in [0.717, 1.165) is 24.8 Å². The van der Waals surface area contributed by atoms with Crippen molar-refractivity contribution in [2.75, 3.05) is 0 Å². The molecule has 0 aliphatic heterocycles. The van der Waals surface area contributed by atoms with Crippen molar-refractivity contribution >= 4 is 5.97 Å². The highest BCUT2D eigenvalue weighted by atomic mass is 16.5. The Morgan fingerprint density at radius 2 is 2.05 bits per heavy atom. The Balaban J connectivity index is 2.22. The Kier molecular flexibility index (Phi) is 7.41. The van der Waals surface area contributed by atoms with Crippen LogP contribution >= 0.6 is 0 Å². The zero-order chi connectivity index (χ0) is 14.8. The van der Waals surface area contributed by atoms with Gasteiger partial charge in [-0.3, -0.25) is 4.79 Å². The molecule has 0 heterocycles. The van der Waals surface area contributed by atoms with Gasteiger partial charge in [-0.15, -0.1) is 6.58 Å². The van der Waals surface area contributed by atoms with E-state index in [4.69, 9.17) is 4.74 Å². The Bertz CT molecular complexity index is 446. The molecule has 0 fully saturated rings. The SMILES string of the molecule is C=C(C)CCCC(C)/C=C/OC(=O)Cc1ccccc1. The van der Waals surface area contributed by atoms with Crippen LogP contribution in [0.25, 0.3) is 0 Å². The summed E-state index contributed by atoms with van der Waals surface area (Å²) in [6.07, 6.45) is 7.05. The van der Waals surface area contributed by atoms with Gasteiger partial charge in [0.05, 0.1) is 12.7 Å². The third kappa shape index (κ3) is 7.57. The topological polar surface area (TPSA) is 26.3 Å². The monoisotopic (exact) mass is 272 g/mol. The number of hydrogen-bond donors (Lipinski definition) is 0. The molecule has 20 heavy (non-hydrogen) atoms. The minimum atomic E-state index is -0.221. The zero-order valence-corrected chi connectivity index (χ0v) is 12.5. The number of carbonyl (C=O) groups is 1. The summed E-state index contributed by atoms with van der Waals surface area (Å²) >= 11 is 0. The summed E-state index contributed by atoms with van der Waals surface area (Å²) in [5.41, 5.74) is 2.19. The van der Waals surface area contributed by atoms with E-state index >= 15 is 0 Å². The van der Waals surface area contributed by atoms with E-state index in [1.807, 2.05) is 43.3 Å². The first-order valence-corrected chi connectivity index (χ1v) is 7.12. The van der Waals surface area contributed by atoms with Gasteiger partial charge in [0.1, 0.15) is 0 Å². The predicted molar refractivity (Wildman–Crippen MR) is 83.2 cm³/mol. The van der Waals surface area contributed by atoms with Crippen LogP contribution in [0.5, 0.6) is 0 Å². The van der Waals surface area contributed by atoms with Crippen LogP contribution in [0, 0.1) is 5.92 Å². The maximum atomic E-state index is 11.6. The molecule has 0 aliphatic carbocycles. The predicted octanol–water partition coefficient (Wildman–Crippen LogP) is 4.67. The summed E-state index contributed by atoms with van der Waals surface area (Å²) in [6.45, 7) is 8.06. The fourth-order valence-electron chi connectivity index (χ4n) is 1.88. The molecule has 1 aromatic carbocycles. The summed E-state index contributed by atoms with van der Waals surface area (Å²) in [5.74, 6) is 0.195. The molecule has 1 unspecified atom stereocenters. The van der Waals surface area contributed by atoms with Gasteiger partial charge in [-0.05, 0) is 43.7 Å². The van der Waals surface area contributed by atoms with Crippen molar-refractivity contribution in [2.45, 2.75) is 39.5 Å². The largest absolute Gasteiger partial charge is 0.435 e. The van der Waals surface area contributed by atoms with Crippen molar-refractivity contribution in [1.82, 2.24) is 0 Å². The van der Waals surface area contributed by atoms with E-state index in [9.17, 15) is 4.79 Å². The van der Waals surface area contributed by atoms with Crippen LogP contribution in [-0.2, 0) is 16.0 Å². The fraction of sp³-hybridized carbons (Fsp3) is 0.389. The van der Waals surface area contributed by atoms with Crippen LogP contribution in [-0.4, -0.2) is 5.97 Å². The van der Waals surface area contributed by atoms with Crippen molar-refractivity contribution in [1.29, 1.82) is 0 Å². The lowest BCUT2D eigenvalue weighted by molar-refractivity contribution is -0.137. The molecule has 0 saturated heterocycles. The standard InChI is InChI=1S/C18H24O2/c1-15(2)8-7-9-16(3)12-13-20-18(19)14-17-10-5-4-6-11-17/h4-6,10-13,16H,1,7-9,14H2,2-3H3/b13-12+. The summed E-state index contributed by atoms with van der Waals surface area (Å²) in [4.78, 5) is 11.6. The van der Waals surface area contributed by atoms with Crippen LogP contribution in [0.1, 0.15) is 38.7 Å². The Morgan fingerprint density at radius 3 is 2.70 bits per heavy atom. The molecule has 2 nitrogen and oxygen atoms in total. The number of hydrogen-bond acceptors (Lipinski definition) is 2. The van der Waals surface area contributed by atoms with E-state index in [-0.39, 0.29) is 5.97 Å². The van der Waals surface area contributed by atoms with Crippen molar-refractivity contribution in [3.8, 4) is 0 Å². The van der Waals surface area contributed by atoms with Crippen LogP contribution in [0.4, 0.5) is 0 Å². The third-order valence-corrected chi connectivity index (χ3v) is 3.06. The highest BCUT2D eigenvalue weighted by Gasteiger charge is 2.03. The minimum Gasteiger partial charge on any atom is -0.435 e. The van der Waals surface area contributed by atoms with Crippen LogP contribution < -0.4 is 0 Å². The Morgan fingerprint density at radius 1 is 1.35 bits per heavy atom. The van der Waals surface area contributed by atoms with Crippen molar-refractivity contribution in [2.24, 2.45) is 5.92 Å². The molecule has 0 saturated carbocycles. The third-order valence-electron chi connectivity index (χ3n) is 3.06. The lowest BCUT2D eigenvalue weighted by atomic mass is 10.0. The molecule has 1 aromatic rings. The number of carbonyl (C=O) groups excluding carboxylic acids is 1. The molecular formula is C18H24O2. The lowest BCUT2D eigenvalue weighted by Crippen LogP contribution is -2.04. The first-order valence-electron chi connectivity index (χ1n) is 7.12. The van der Waals surface area contributed by atoms with Gasteiger partial charge in [0.15, 0.2) is 0 Å². The van der Waals surface area contributed by atoms with Crippen LogP contribution in [0.2, 0.25) is 0 Å². The summed E-state index contributed by atoms with van der Waals surface area (Å²) in [7, 11) is 0. The summed E-state index contributed by atoms with van der Waals surface area (Å²) < 4.78 is 5.11. The molecular weight excluding hydrogens is 248 g/mol. The fourth-order valence-corrected chi connectivity index (χ4v) is 1.88. The van der Waals surface area contributed by atoms with E-state index in [0.29, 0.717) is 12.3 Å². The molecule has 1 atom stereocenters. The number of benzene rings is 1. The van der Waals surface area contributed by atoms with E-state index in [1.54, 1.807) is 0 Å². The smallest absolute Gasteiger partial charge is 0.315 e. The average molecular weight is 272 g/mol. The Hall–Kier alpha value is -1.83. The number of ether oxygens (including phenoxy) is 1. The van der Waals surface area contributed by atoms with Gasteiger partial charge in [0.25, 0.3) is 0 Å². The highest BCUT2D eigenvalue weighted by Crippen LogP contribution is 2.12. The lowest BCUT2D eigenvalue weighted by Gasteiger charge is -2.05. The number of rotatable bonds is 8. The molecule has 0 N–H and O–H groups in total. The molecule has 0 amide bonds. The maximum Gasteiger partial charge on any atom is 0.315 e. The van der Waals surface area contributed by atoms with E-state index in [1.165, 1.54) is 11.8 Å². The molecule has 0 aromatic heterocycles. The quantitative estimate of drug-likeness (QED) is 0.390. The first kappa shape index (κ1) is 16.2. The summed E-state index contributed by atoms with van der Waals surface area (Å²) in [5, 5.41) is 0. The summed E-state index contributed by atoms with van der Waals surface area (Å²) in [6, 6.07) is 9.61.